The number of hydrogen-bond acceptors (Lipinski definition) is 4. The van der Waals surface area contributed by atoms with Crippen molar-refractivity contribution in [2.45, 2.75) is 19.4 Å². The molecule has 0 fully saturated rings. The van der Waals surface area contributed by atoms with E-state index in [4.69, 9.17) is 9.84 Å². The molecule has 1 amide bonds. The van der Waals surface area contributed by atoms with E-state index in [1.807, 2.05) is 0 Å². The molecule has 6 nitrogen and oxygen atoms in total. The van der Waals surface area contributed by atoms with Gasteiger partial charge in [-0.1, -0.05) is 0 Å². The summed E-state index contributed by atoms with van der Waals surface area (Å²) < 4.78 is 4.84. The maximum Gasteiger partial charge on any atom is 0.317 e. The molecule has 0 aliphatic carbocycles. The van der Waals surface area contributed by atoms with Crippen LogP contribution in [-0.4, -0.2) is 61.8 Å². The van der Waals surface area contributed by atoms with Gasteiger partial charge in [-0.15, -0.1) is 0 Å². The van der Waals surface area contributed by atoms with E-state index in [9.17, 15) is 9.59 Å². The minimum atomic E-state index is -0.943. The van der Waals surface area contributed by atoms with Gasteiger partial charge in [0.25, 0.3) is 0 Å². The fraction of sp³-hybridized carbons (Fsp3) is 0.800. The lowest BCUT2D eigenvalue weighted by Gasteiger charge is -2.21. The van der Waals surface area contributed by atoms with Crippen molar-refractivity contribution in [1.82, 2.24) is 10.2 Å². The molecule has 0 aliphatic rings. The number of carbonyl (C=O) groups excluding carboxylic acids is 1. The maximum absolute atomic E-state index is 11.5. The van der Waals surface area contributed by atoms with Gasteiger partial charge in [0.2, 0.25) is 5.91 Å². The van der Waals surface area contributed by atoms with Crippen LogP contribution in [-0.2, 0) is 14.3 Å². The summed E-state index contributed by atoms with van der Waals surface area (Å²) in [6, 6.07) is -0.446. The van der Waals surface area contributed by atoms with Gasteiger partial charge in [-0.25, -0.2) is 0 Å². The number of hydrogen-bond donors (Lipinski definition) is 2. The Hall–Kier alpha value is -1.14. The van der Waals surface area contributed by atoms with E-state index in [2.05, 4.69) is 5.32 Å². The first-order chi connectivity index (χ1) is 7.49. The third kappa shape index (κ3) is 6.36. The lowest BCUT2D eigenvalue weighted by Crippen LogP contribution is -2.45. The minimum absolute atomic E-state index is 0.146. The van der Waals surface area contributed by atoms with Crippen molar-refractivity contribution >= 4 is 11.9 Å². The number of aliphatic carboxylic acids is 1. The second-order valence-electron chi connectivity index (χ2n) is 3.62. The van der Waals surface area contributed by atoms with Gasteiger partial charge in [0.05, 0.1) is 12.6 Å². The number of carboxylic acid groups (broad SMARTS) is 1. The summed E-state index contributed by atoms with van der Waals surface area (Å²) in [6.45, 7) is 2.67. The van der Waals surface area contributed by atoms with Gasteiger partial charge in [-0.05, 0) is 20.4 Å². The van der Waals surface area contributed by atoms with Crippen molar-refractivity contribution in [2.75, 3.05) is 33.9 Å². The quantitative estimate of drug-likeness (QED) is 0.554. The Morgan fingerprint density at radius 3 is 2.62 bits per heavy atom. The molecule has 1 atom stereocenters. The first-order valence-electron chi connectivity index (χ1n) is 5.17. The van der Waals surface area contributed by atoms with Crippen molar-refractivity contribution < 1.29 is 19.4 Å². The van der Waals surface area contributed by atoms with Gasteiger partial charge < -0.3 is 15.2 Å². The second kappa shape index (κ2) is 8.06. The number of rotatable bonds is 8. The van der Waals surface area contributed by atoms with E-state index < -0.39 is 12.0 Å². The predicted molar refractivity (Wildman–Crippen MR) is 59.2 cm³/mol. The van der Waals surface area contributed by atoms with E-state index >= 15 is 0 Å². The molecular weight excluding hydrogens is 212 g/mol. The average molecular weight is 232 g/mol. The normalized spacial score (nSPS) is 12.5. The molecule has 6 heteroatoms. The monoisotopic (exact) mass is 232 g/mol. The summed E-state index contributed by atoms with van der Waals surface area (Å²) in [6.07, 6.45) is 0.748. The van der Waals surface area contributed by atoms with E-state index in [0.29, 0.717) is 13.2 Å². The van der Waals surface area contributed by atoms with Crippen molar-refractivity contribution in [1.29, 1.82) is 0 Å². The van der Waals surface area contributed by atoms with Crippen molar-refractivity contribution in [3.05, 3.63) is 0 Å². The Morgan fingerprint density at radius 1 is 1.50 bits per heavy atom. The SMILES string of the molecule is COCCCNC(=O)C(C)N(C)CC(=O)O. The summed E-state index contributed by atoms with van der Waals surface area (Å²) in [5.41, 5.74) is 0. The number of methoxy groups -OCH3 is 1. The average Bonchev–Trinajstić information content (AvgIpc) is 2.22. The summed E-state index contributed by atoms with van der Waals surface area (Å²) >= 11 is 0. The first kappa shape index (κ1) is 14.9. The molecule has 1 unspecified atom stereocenters. The number of carboxylic acids is 1. The van der Waals surface area contributed by atoms with Gasteiger partial charge in [-0.2, -0.15) is 0 Å². The molecule has 0 aromatic rings. The smallest absolute Gasteiger partial charge is 0.317 e. The summed E-state index contributed by atoms with van der Waals surface area (Å²) in [4.78, 5) is 23.5. The van der Waals surface area contributed by atoms with Gasteiger partial charge in [0, 0.05) is 20.3 Å². The number of nitrogens with zero attached hydrogens (tertiary/aromatic N) is 1. The van der Waals surface area contributed by atoms with Gasteiger partial charge in [0.15, 0.2) is 0 Å². The van der Waals surface area contributed by atoms with E-state index in [0.717, 1.165) is 6.42 Å². The molecule has 0 rings (SSSR count). The highest BCUT2D eigenvalue weighted by Gasteiger charge is 2.18. The zero-order valence-electron chi connectivity index (χ0n) is 10.0. The number of amides is 1. The van der Waals surface area contributed by atoms with Crippen LogP contribution in [0.15, 0.2) is 0 Å². The zero-order chi connectivity index (χ0) is 12.6. The van der Waals surface area contributed by atoms with E-state index in [1.165, 1.54) is 4.90 Å². The molecule has 0 radical (unpaired) electrons. The molecular formula is C10H20N2O4. The van der Waals surface area contributed by atoms with E-state index in [1.54, 1.807) is 21.1 Å². The second-order valence-corrected chi connectivity index (χ2v) is 3.62. The number of nitrogens with one attached hydrogen (secondary N) is 1. The summed E-state index contributed by atoms with van der Waals surface area (Å²) in [5, 5.41) is 11.3. The van der Waals surface area contributed by atoms with Crippen LogP contribution in [0, 0.1) is 0 Å². The van der Waals surface area contributed by atoms with Crippen LogP contribution in [0.4, 0.5) is 0 Å². The molecule has 0 heterocycles. The van der Waals surface area contributed by atoms with Gasteiger partial charge >= 0.3 is 5.97 Å². The van der Waals surface area contributed by atoms with Crippen LogP contribution in [0.25, 0.3) is 0 Å². The van der Waals surface area contributed by atoms with Crippen LogP contribution >= 0.6 is 0 Å². The molecule has 0 saturated carbocycles. The van der Waals surface area contributed by atoms with Gasteiger partial charge in [0.1, 0.15) is 0 Å². The van der Waals surface area contributed by atoms with Crippen LogP contribution in [0.1, 0.15) is 13.3 Å². The lowest BCUT2D eigenvalue weighted by atomic mass is 10.2. The maximum atomic E-state index is 11.5. The largest absolute Gasteiger partial charge is 0.480 e. The Labute approximate surface area is 95.6 Å². The Bertz CT molecular complexity index is 233. The van der Waals surface area contributed by atoms with Crippen LogP contribution < -0.4 is 5.32 Å². The molecule has 16 heavy (non-hydrogen) atoms. The van der Waals surface area contributed by atoms with Crippen LogP contribution in [0.5, 0.6) is 0 Å². The zero-order valence-corrected chi connectivity index (χ0v) is 10.0. The first-order valence-corrected chi connectivity index (χ1v) is 5.17. The van der Waals surface area contributed by atoms with Gasteiger partial charge in [-0.3, -0.25) is 14.5 Å². The number of carbonyl (C=O) groups is 2. The molecule has 94 valence electrons. The third-order valence-electron chi connectivity index (χ3n) is 2.25. The lowest BCUT2D eigenvalue weighted by molar-refractivity contribution is -0.139. The molecule has 0 saturated heterocycles. The fourth-order valence-corrected chi connectivity index (χ4v) is 1.13. The molecule has 0 spiro atoms. The third-order valence-corrected chi connectivity index (χ3v) is 2.25. The summed E-state index contributed by atoms with van der Waals surface area (Å²) in [5.74, 6) is -1.11. The molecule has 0 aromatic heterocycles. The van der Waals surface area contributed by atoms with E-state index in [-0.39, 0.29) is 12.5 Å². The Balaban J connectivity index is 3.84. The molecule has 0 aliphatic heterocycles. The van der Waals surface area contributed by atoms with Crippen molar-refractivity contribution in [2.24, 2.45) is 0 Å². The molecule has 2 N–H and O–H groups in total. The highest BCUT2D eigenvalue weighted by molar-refractivity contribution is 5.82. The highest BCUT2D eigenvalue weighted by Crippen LogP contribution is 1.95. The van der Waals surface area contributed by atoms with Crippen LogP contribution in [0.3, 0.4) is 0 Å². The topological polar surface area (TPSA) is 78.9 Å². The highest BCUT2D eigenvalue weighted by atomic mass is 16.5. The number of likely N-dealkylation sites (N-methyl/N-ethyl adjacent to an activating group) is 1. The molecule has 0 bridgehead atoms. The fourth-order valence-electron chi connectivity index (χ4n) is 1.13. The summed E-state index contributed by atoms with van der Waals surface area (Å²) in [7, 11) is 3.21. The standard InChI is InChI=1S/C10H20N2O4/c1-8(12(2)7-9(13)14)10(15)11-5-4-6-16-3/h8H,4-7H2,1-3H3,(H,11,15)(H,13,14). The Kier molecular flexibility index (Phi) is 7.49. The van der Waals surface area contributed by atoms with Crippen molar-refractivity contribution in [3.63, 3.8) is 0 Å². The van der Waals surface area contributed by atoms with Crippen molar-refractivity contribution in [3.8, 4) is 0 Å². The minimum Gasteiger partial charge on any atom is -0.480 e. The Morgan fingerprint density at radius 2 is 2.12 bits per heavy atom. The predicted octanol–water partition coefficient (Wildman–Crippen LogP) is -0.456. The molecule has 0 aromatic carbocycles. The van der Waals surface area contributed by atoms with Crippen LogP contribution in [0.2, 0.25) is 0 Å². The number of ether oxygens (including phenoxy) is 1.